The van der Waals surface area contributed by atoms with Gasteiger partial charge in [0.2, 0.25) is 0 Å². The van der Waals surface area contributed by atoms with Crippen LogP contribution in [0, 0.1) is 0 Å². The molecule has 0 fully saturated rings. The summed E-state index contributed by atoms with van der Waals surface area (Å²) in [5, 5.41) is 20.8. The van der Waals surface area contributed by atoms with Crippen LogP contribution in [-0.2, 0) is 24.5 Å². The Labute approximate surface area is 183 Å². The Bertz CT molecular complexity index is 1220. The third kappa shape index (κ3) is 2.98. The predicted octanol–water partition coefficient (Wildman–Crippen LogP) is 1.62. The number of rotatable bonds is 5. The van der Waals surface area contributed by atoms with E-state index in [4.69, 9.17) is 9.47 Å². The molecule has 0 spiro atoms. The Morgan fingerprint density at radius 3 is 2.50 bits per heavy atom. The predicted molar refractivity (Wildman–Crippen MR) is 115 cm³/mol. The lowest BCUT2D eigenvalue weighted by molar-refractivity contribution is -0.147. The molecule has 0 amide bonds. The number of carbonyl (C=O) groups excluding carboxylic acids is 2. The molecule has 1 aliphatic heterocycles. The van der Waals surface area contributed by atoms with E-state index in [1.54, 1.807) is 51.2 Å². The van der Waals surface area contributed by atoms with E-state index in [0.29, 0.717) is 5.69 Å². The quantitative estimate of drug-likeness (QED) is 0.699. The van der Waals surface area contributed by atoms with Gasteiger partial charge < -0.3 is 14.6 Å². The van der Waals surface area contributed by atoms with Crippen LogP contribution in [0.15, 0.2) is 57.8 Å². The molecule has 1 N–H and O–H groups in total. The molecule has 2 aliphatic rings. The normalized spacial score (nSPS) is 19.2. The maximum absolute atomic E-state index is 13.7. The molecule has 0 saturated heterocycles. The topological polar surface area (TPSA) is 123 Å². The lowest BCUT2D eigenvalue weighted by Gasteiger charge is -2.35. The van der Waals surface area contributed by atoms with Gasteiger partial charge in [-0.05, 0) is 26.0 Å². The zero-order valence-corrected chi connectivity index (χ0v) is 17.9. The van der Waals surface area contributed by atoms with Crippen LogP contribution in [0.2, 0.25) is 0 Å². The number of fused-ring (bicyclic) bond motifs is 3. The van der Waals surface area contributed by atoms with Crippen molar-refractivity contribution >= 4 is 23.3 Å². The van der Waals surface area contributed by atoms with Crippen LogP contribution in [0.25, 0.3) is 5.69 Å². The molecule has 1 aromatic heterocycles. The van der Waals surface area contributed by atoms with Crippen LogP contribution in [0.5, 0.6) is 0 Å². The lowest BCUT2D eigenvalue weighted by Crippen LogP contribution is -2.51. The molecular formula is C22H22N4O6. The summed E-state index contributed by atoms with van der Waals surface area (Å²) in [6.45, 7) is 3.37. The Kier molecular flexibility index (Phi) is 5.29. The number of nitrogens with zero attached hydrogens (tertiary/aromatic N) is 4. The van der Waals surface area contributed by atoms with Crippen LogP contribution in [0.1, 0.15) is 25.8 Å². The molecular weight excluding hydrogens is 416 g/mol. The number of aromatic nitrogens is 2. The summed E-state index contributed by atoms with van der Waals surface area (Å²) in [6.07, 6.45) is 1.11. The van der Waals surface area contributed by atoms with E-state index < -0.39 is 28.7 Å². The van der Waals surface area contributed by atoms with Crippen molar-refractivity contribution in [1.82, 2.24) is 9.78 Å². The summed E-state index contributed by atoms with van der Waals surface area (Å²) in [5.74, 6) is -2.06. The van der Waals surface area contributed by atoms with Gasteiger partial charge in [-0.3, -0.25) is 14.6 Å². The molecule has 10 nitrogen and oxygen atoms in total. The van der Waals surface area contributed by atoms with Crippen molar-refractivity contribution in [2.24, 2.45) is 5.10 Å². The van der Waals surface area contributed by atoms with Gasteiger partial charge in [-0.15, -0.1) is 0 Å². The number of anilines is 1. The molecule has 0 radical (unpaired) electrons. The maximum Gasteiger partial charge on any atom is 0.337 e. The molecule has 0 saturated carbocycles. The molecule has 2 heterocycles. The van der Waals surface area contributed by atoms with E-state index in [1.165, 1.54) is 11.2 Å². The summed E-state index contributed by atoms with van der Waals surface area (Å²) in [5.41, 5.74) is -1.87. The van der Waals surface area contributed by atoms with Gasteiger partial charge in [-0.2, -0.15) is 14.9 Å². The monoisotopic (exact) mass is 438 g/mol. The number of hydrogen-bond donors (Lipinski definition) is 1. The van der Waals surface area contributed by atoms with Gasteiger partial charge in [-0.1, -0.05) is 18.2 Å². The van der Waals surface area contributed by atoms with Crippen LogP contribution in [0.3, 0.4) is 0 Å². The minimum Gasteiger partial charge on any atom is -0.505 e. The van der Waals surface area contributed by atoms with Crippen molar-refractivity contribution < 1.29 is 24.2 Å². The summed E-state index contributed by atoms with van der Waals surface area (Å²) >= 11 is 0. The van der Waals surface area contributed by atoms with Crippen molar-refractivity contribution in [1.29, 1.82) is 0 Å². The second-order valence-electron chi connectivity index (χ2n) is 7.28. The fourth-order valence-electron chi connectivity index (χ4n) is 4.08. The van der Waals surface area contributed by atoms with Crippen LogP contribution in [0.4, 0.5) is 5.69 Å². The van der Waals surface area contributed by atoms with Gasteiger partial charge in [0.25, 0.3) is 5.56 Å². The molecule has 2 aromatic rings. The van der Waals surface area contributed by atoms with Crippen molar-refractivity contribution in [2.75, 3.05) is 25.3 Å². The number of aliphatic hydroxyl groups excluding tert-OH is 1. The summed E-state index contributed by atoms with van der Waals surface area (Å²) in [4.78, 5) is 39.6. The largest absolute Gasteiger partial charge is 0.505 e. The van der Waals surface area contributed by atoms with E-state index in [0.717, 1.165) is 4.68 Å². The average molecular weight is 438 g/mol. The highest BCUT2D eigenvalue weighted by Crippen LogP contribution is 2.47. The zero-order valence-electron chi connectivity index (χ0n) is 17.9. The first-order chi connectivity index (χ1) is 15.4. The number of aliphatic hydroxyl groups is 1. The van der Waals surface area contributed by atoms with Crippen molar-refractivity contribution in [3.05, 3.63) is 63.8 Å². The van der Waals surface area contributed by atoms with Gasteiger partial charge in [0.15, 0.2) is 11.2 Å². The maximum atomic E-state index is 13.7. The Balaban J connectivity index is 2.00. The van der Waals surface area contributed by atoms with E-state index in [9.17, 15) is 19.5 Å². The highest BCUT2D eigenvalue weighted by atomic mass is 16.5. The molecule has 1 unspecified atom stereocenters. The number of allylic oxidation sites excluding steroid dienone is 1. The minimum absolute atomic E-state index is 0.0214. The summed E-state index contributed by atoms with van der Waals surface area (Å²) < 4.78 is 11.5. The molecule has 32 heavy (non-hydrogen) atoms. The highest BCUT2D eigenvalue weighted by molar-refractivity contribution is 6.25. The van der Waals surface area contributed by atoms with Gasteiger partial charge in [0.1, 0.15) is 5.71 Å². The molecule has 0 bridgehead atoms. The molecule has 166 valence electrons. The number of para-hydroxylation sites is 1. The fourth-order valence-corrected chi connectivity index (χ4v) is 4.08. The average Bonchev–Trinajstić information content (AvgIpc) is 3.08. The second kappa shape index (κ2) is 7.95. The first-order valence-corrected chi connectivity index (χ1v) is 10.1. The standard InChI is InChI=1S/C22H22N4O6/c1-4-31-20(29)14-11-22(21(30)32-5-2)16-15(25(3)24-18(22)17(14)27)12-23-26(19(16)28)13-9-7-6-8-10-13/h6-10,12,27H,4-5,11H2,1-3H3. The molecule has 1 atom stereocenters. The van der Waals surface area contributed by atoms with Gasteiger partial charge in [-0.25, -0.2) is 4.79 Å². The SMILES string of the molecule is CCOC(=O)C1=C(O)C2=NN(C)c3cnn(-c4ccccc4)c(=O)c3C2(C(=O)OCC)C1. The Hall–Kier alpha value is -3.95. The highest BCUT2D eigenvalue weighted by Gasteiger charge is 2.60. The first-order valence-electron chi connectivity index (χ1n) is 10.1. The lowest BCUT2D eigenvalue weighted by atomic mass is 9.75. The van der Waals surface area contributed by atoms with Crippen molar-refractivity contribution in [2.45, 2.75) is 25.7 Å². The van der Waals surface area contributed by atoms with Crippen LogP contribution < -0.4 is 10.6 Å². The van der Waals surface area contributed by atoms with Crippen molar-refractivity contribution in [3.8, 4) is 5.69 Å². The molecule has 10 heteroatoms. The van der Waals surface area contributed by atoms with Crippen LogP contribution >= 0.6 is 0 Å². The van der Waals surface area contributed by atoms with E-state index in [-0.39, 0.29) is 42.2 Å². The third-order valence-electron chi connectivity index (χ3n) is 5.49. The first kappa shape index (κ1) is 21.3. The van der Waals surface area contributed by atoms with Gasteiger partial charge >= 0.3 is 11.9 Å². The smallest absolute Gasteiger partial charge is 0.337 e. The number of hydrogen-bond acceptors (Lipinski definition) is 9. The van der Waals surface area contributed by atoms with Gasteiger partial charge in [0.05, 0.1) is 41.9 Å². The van der Waals surface area contributed by atoms with Crippen molar-refractivity contribution in [3.63, 3.8) is 0 Å². The fraction of sp³-hybridized carbons (Fsp3) is 0.318. The zero-order chi connectivity index (χ0) is 23.0. The molecule has 1 aliphatic carbocycles. The number of ether oxygens (including phenoxy) is 2. The number of benzene rings is 1. The number of hydrazone groups is 1. The second-order valence-corrected chi connectivity index (χ2v) is 7.28. The summed E-state index contributed by atoms with van der Waals surface area (Å²) in [7, 11) is 1.56. The Morgan fingerprint density at radius 2 is 1.84 bits per heavy atom. The van der Waals surface area contributed by atoms with E-state index in [1.807, 2.05) is 0 Å². The van der Waals surface area contributed by atoms with E-state index in [2.05, 4.69) is 10.2 Å². The number of esters is 2. The van der Waals surface area contributed by atoms with Gasteiger partial charge in [0, 0.05) is 13.5 Å². The molecule has 4 rings (SSSR count). The van der Waals surface area contributed by atoms with E-state index >= 15 is 0 Å². The number of carbonyl (C=O) groups is 2. The summed E-state index contributed by atoms with van der Waals surface area (Å²) in [6, 6.07) is 8.72. The molecule has 1 aromatic carbocycles. The third-order valence-corrected chi connectivity index (χ3v) is 5.49. The Morgan fingerprint density at radius 1 is 1.16 bits per heavy atom. The van der Waals surface area contributed by atoms with Crippen LogP contribution in [-0.4, -0.2) is 52.8 Å². The minimum atomic E-state index is -1.80.